The number of hydrogen-bond acceptors (Lipinski definition) is 2. The molecule has 0 saturated carbocycles. The van der Waals surface area contributed by atoms with Crippen molar-refractivity contribution in [3.63, 3.8) is 0 Å². The molecule has 24 heavy (non-hydrogen) atoms. The molecule has 0 bridgehead atoms. The van der Waals surface area contributed by atoms with Gasteiger partial charge in [0.1, 0.15) is 6.10 Å². The molecule has 0 aromatic heterocycles. The molecule has 1 amide bonds. The molecule has 0 aliphatic carbocycles. The van der Waals surface area contributed by atoms with Crippen LogP contribution in [0.4, 0.5) is 31.1 Å². The summed E-state index contributed by atoms with van der Waals surface area (Å²) in [6, 6.07) is 0.860. The molecule has 1 aliphatic heterocycles. The number of hydrogen-bond donors (Lipinski definition) is 0. The molecule has 1 aliphatic rings. The first kappa shape index (κ1) is 18.4. The SMILES string of the molecule is CC[C@H]1OC(=O)N(Cc2cc(C(F)(F)F)cc(C(F)(F)F)c2)[C@H]1C. The Bertz CT molecular complexity index is 593. The van der Waals surface area contributed by atoms with E-state index in [1.807, 2.05) is 0 Å². The van der Waals surface area contributed by atoms with Gasteiger partial charge in [-0.05, 0) is 37.1 Å². The van der Waals surface area contributed by atoms with E-state index in [-0.39, 0.29) is 18.2 Å². The van der Waals surface area contributed by atoms with Crippen molar-refractivity contribution in [3.8, 4) is 0 Å². The molecule has 0 N–H and O–H groups in total. The Balaban J connectivity index is 2.38. The fraction of sp³-hybridized carbons (Fsp3) is 0.533. The molecule has 1 aromatic carbocycles. The molecule has 1 heterocycles. The first-order valence-electron chi connectivity index (χ1n) is 7.19. The van der Waals surface area contributed by atoms with Gasteiger partial charge in [-0.2, -0.15) is 26.3 Å². The molecular weight excluding hydrogens is 340 g/mol. The lowest BCUT2D eigenvalue weighted by Gasteiger charge is -2.21. The normalized spacial score (nSPS) is 22.0. The summed E-state index contributed by atoms with van der Waals surface area (Å²) in [5.41, 5.74) is -3.06. The van der Waals surface area contributed by atoms with E-state index in [1.165, 1.54) is 0 Å². The van der Waals surface area contributed by atoms with Crippen LogP contribution in [0.2, 0.25) is 0 Å². The van der Waals surface area contributed by atoms with Crippen molar-refractivity contribution in [2.75, 3.05) is 0 Å². The molecule has 0 spiro atoms. The molecule has 1 fully saturated rings. The van der Waals surface area contributed by atoms with Gasteiger partial charge in [-0.1, -0.05) is 6.92 Å². The number of halogens is 6. The maximum atomic E-state index is 12.8. The van der Waals surface area contributed by atoms with Crippen molar-refractivity contribution in [1.29, 1.82) is 0 Å². The molecule has 0 radical (unpaired) electrons. The highest BCUT2D eigenvalue weighted by Crippen LogP contribution is 2.37. The largest absolute Gasteiger partial charge is 0.444 e. The van der Waals surface area contributed by atoms with Crippen LogP contribution in [0, 0.1) is 0 Å². The highest BCUT2D eigenvalue weighted by atomic mass is 19.4. The van der Waals surface area contributed by atoms with Gasteiger partial charge in [0.15, 0.2) is 0 Å². The first-order chi connectivity index (χ1) is 10.9. The van der Waals surface area contributed by atoms with E-state index in [2.05, 4.69) is 0 Å². The van der Waals surface area contributed by atoms with Gasteiger partial charge in [0.05, 0.1) is 17.2 Å². The van der Waals surface area contributed by atoms with E-state index in [1.54, 1.807) is 13.8 Å². The van der Waals surface area contributed by atoms with Gasteiger partial charge in [0.25, 0.3) is 0 Å². The highest BCUT2D eigenvalue weighted by molar-refractivity contribution is 5.70. The Hall–Kier alpha value is -1.93. The number of rotatable bonds is 3. The lowest BCUT2D eigenvalue weighted by atomic mass is 10.0. The number of cyclic esters (lactones) is 1. The summed E-state index contributed by atoms with van der Waals surface area (Å²) in [6.45, 7) is 3.02. The third-order valence-electron chi connectivity index (χ3n) is 3.92. The topological polar surface area (TPSA) is 29.5 Å². The summed E-state index contributed by atoms with van der Waals surface area (Å²) < 4.78 is 82.1. The zero-order chi connectivity index (χ0) is 18.3. The number of amides is 1. The van der Waals surface area contributed by atoms with Crippen LogP contribution in [0.3, 0.4) is 0 Å². The number of ether oxygens (including phenoxy) is 1. The van der Waals surface area contributed by atoms with Crippen LogP contribution >= 0.6 is 0 Å². The summed E-state index contributed by atoms with van der Waals surface area (Å²) in [7, 11) is 0. The van der Waals surface area contributed by atoms with Crippen LogP contribution in [0.25, 0.3) is 0 Å². The second kappa shape index (κ2) is 6.18. The maximum Gasteiger partial charge on any atom is 0.416 e. The van der Waals surface area contributed by atoms with Gasteiger partial charge in [-0.15, -0.1) is 0 Å². The Morgan fingerprint density at radius 3 is 1.92 bits per heavy atom. The van der Waals surface area contributed by atoms with Crippen molar-refractivity contribution in [2.45, 2.75) is 51.3 Å². The maximum absolute atomic E-state index is 12.8. The fourth-order valence-electron chi connectivity index (χ4n) is 2.60. The molecule has 1 saturated heterocycles. The zero-order valence-corrected chi connectivity index (χ0v) is 12.8. The molecule has 3 nitrogen and oxygen atoms in total. The van der Waals surface area contributed by atoms with Gasteiger partial charge >= 0.3 is 18.4 Å². The third kappa shape index (κ3) is 3.76. The number of carbonyl (C=O) groups is 1. The number of benzene rings is 1. The van der Waals surface area contributed by atoms with Crippen LogP contribution in [0.1, 0.15) is 37.0 Å². The van der Waals surface area contributed by atoms with Crippen LogP contribution in [-0.4, -0.2) is 23.1 Å². The van der Waals surface area contributed by atoms with Gasteiger partial charge in [-0.25, -0.2) is 4.79 Å². The van der Waals surface area contributed by atoms with E-state index >= 15 is 0 Å². The van der Waals surface area contributed by atoms with Gasteiger partial charge in [0.2, 0.25) is 0 Å². The van der Waals surface area contributed by atoms with E-state index in [0.717, 1.165) is 4.90 Å². The van der Waals surface area contributed by atoms with Gasteiger partial charge in [0, 0.05) is 6.54 Å². The lowest BCUT2D eigenvalue weighted by Crippen LogP contribution is -2.33. The molecule has 9 heteroatoms. The average molecular weight is 355 g/mol. The molecule has 2 rings (SSSR count). The Kier molecular flexibility index (Phi) is 4.74. The van der Waals surface area contributed by atoms with E-state index in [9.17, 15) is 31.1 Å². The number of nitrogens with zero attached hydrogens (tertiary/aromatic N) is 1. The number of alkyl halides is 6. The van der Waals surface area contributed by atoms with Crippen molar-refractivity contribution in [2.24, 2.45) is 0 Å². The van der Waals surface area contributed by atoms with Crippen LogP contribution in [0.15, 0.2) is 18.2 Å². The minimum atomic E-state index is -4.92. The summed E-state index contributed by atoms with van der Waals surface area (Å²) in [5, 5.41) is 0. The predicted octanol–water partition coefficient (Wildman–Crippen LogP) is 4.84. The first-order valence-corrected chi connectivity index (χ1v) is 7.19. The smallest absolute Gasteiger partial charge is 0.416 e. The molecule has 134 valence electrons. The Morgan fingerprint density at radius 2 is 1.54 bits per heavy atom. The quantitative estimate of drug-likeness (QED) is 0.726. The predicted molar refractivity (Wildman–Crippen MR) is 72.0 cm³/mol. The summed E-state index contributed by atoms with van der Waals surface area (Å²) in [5.74, 6) is 0. The van der Waals surface area contributed by atoms with E-state index in [0.29, 0.717) is 18.6 Å². The van der Waals surface area contributed by atoms with Crippen molar-refractivity contribution in [3.05, 3.63) is 34.9 Å². The fourth-order valence-corrected chi connectivity index (χ4v) is 2.60. The minimum Gasteiger partial charge on any atom is -0.444 e. The van der Waals surface area contributed by atoms with Gasteiger partial charge < -0.3 is 4.74 Å². The van der Waals surface area contributed by atoms with E-state index < -0.39 is 41.7 Å². The minimum absolute atomic E-state index is 0.0596. The average Bonchev–Trinajstić information content (AvgIpc) is 2.72. The molecule has 2 atom stereocenters. The Labute approximate surface area is 134 Å². The van der Waals surface area contributed by atoms with Crippen LogP contribution in [-0.2, 0) is 23.6 Å². The Morgan fingerprint density at radius 1 is 1.04 bits per heavy atom. The lowest BCUT2D eigenvalue weighted by molar-refractivity contribution is -0.143. The monoisotopic (exact) mass is 355 g/mol. The molecule has 1 aromatic rings. The van der Waals surface area contributed by atoms with Crippen molar-refractivity contribution in [1.82, 2.24) is 4.90 Å². The van der Waals surface area contributed by atoms with E-state index in [4.69, 9.17) is 4.74 Å². The second-order valence-corrected chi connectivity index (χ2v) is 5.61. The van der Waals surface area contributed by atoms with Crippen LogP contribution in [0.5, 0.6) is 0 Å². The number of carbonyl (C=O) groups excluding carboxylic acids is 1. The molecular formula is C15H15F6NO2. The summed E-state index contributed by atoms with van der Waals surface area (Å²) in [6.07, 6.45) is -10.5. The van der Waals surface area contributed by atoms with Gasteiger partial charge in [-0.3, -0.25) is 4.90 Å². The highest BCUT2D eigenvalue weighted by Gasteiger charge is 2.40. The van der Waals surface area contributed by atoms with Crippen molar-refractivity contribution >= 4 is 6.09 Å². The second-order valence-electron chi connectivity index (χ2n) is 5.61. The zero-order valence-electron chi connectivity index (χ0n) is 12.8. The molecule has 0 unspecified atom stereocenters. The van der Waals surface area contributed by atoms with Crippen LogP contribution < -0.4 is 0 Å². The summed E-state index contributed by atoms with van der Waals surface area (Å²) in [4.78, 5) is 12.9. The van der Waals surface area contributed by atoms with Crippen molar-refractivity contribution < 1.29 is 35.9 Å². The summed E-state index contributed by atoms with van der Waals surface area (Å²) >= 11 is 0. The standard InChI is InChI=1S/C15H15F6NO2/c1-3-12-8(2)22(13(23)24-12)7-9-4-10(14(16,17)18)6-11(5-9)15(19,20)21/h4-6,8,12H,3,7H2,1-2H3/t8-,12+/m0/s1. The third-order valence-corrected chi connectivity index (χ3v) is 3.92.